The molecular weight excluding hydrogens is 184 g/mol. The summed E-state index contributed by atoms with van der Waals surface area (Å²) in [5, 5.41) is 10.1. The zero-order chi connectivity index (χ0) is 11.6. The van der Waals surface area contributed by atoms with Crippen molar-refractivity contribution in [3.63, 3.8) is 0 Å². The lowest BCUT2D eigenvalue weighted by Crippen LogP contribution is -2.06. The molecule has 0 fully saturated rings. The molecule has 0 aliphatic rings. The normalized spacial score (nSPS) is 13.3. The number of aryl methyl sites for hydroxylation is 3. The molecule has 0 bridgehead atoms. The van der Waals surface area contributed by atoms with Crippen LogP contribution in [0.3, 0.4) is 0 Å². The predicted molar refractivity (Wildman–Crippen MR) is 65.1 cm³/mol. The van der Waals surface area contributed by atoms with Crippen molar-refractivity contribution in [2.45, 2.75) is 47.1 Å². The molecule has 1 N–H and O–H groups in total. The monoisotopic (exact) mass is 206 g/mol. The van der Waals surface area contributed by atoms with Crippen LogP contribution in [0.4, 0.5) is 0 Å². The van der Waals surface area contributed by atoms with E-state index in [1.807, 2.05) is 0 Å². The summed E-state index contributed by atoms with van der Waals surface area (Å²) >= 11 is 0. The minimum absolute atomic E-state index is 0.314. The summed E-state index contributed by atoms with van der Waals surface area (Å²) in [7, 11) is 0. The van der Waals surface area contributed by atoms with Crippen LogP contribution in [0.15, 0.2) is 12.1 Å². The van der Waals surface area contributed by atoms with Crippen LogP contribution in [0.2, 0.25) is 0 Å². The molecule has 0 spiro atoms. The van der Waals surface area contributed by atoms with E-state index in [1.165, 1.54) is 16.7 Å². The van der Waals surface area contributed by atoms with E-state index >= 15 is 0 Å². The molecule has 15 heavy (non-hydrogen) atoms. The van der Waals surface area contributed by atoms with Crippen LogP contribution in [-0.2, 0) is 0 Å². The number of hydrogen-bond acceptors (Lipinski definition) is 1. The fraction of sp³-hybridized carbons (Fsp3) is 0.571. The first-order valence-electron chi connectivity index (χ1n) is 5.67. The summed E-state index contributed by atoms with van der Waals surface area (Å²) in [4.78, 5) is 0. The summed E-state index contributed by atoms with van der Waals surface area (Å²) in [6, 6.07) is 4.29. The minimum atomic E-state index is -0.314. The molecule has 0 saturated carbocycles. The van der Waals surface area contributed by atoms with Crippen molar-refractivity contribution in [1.29, 1.82) is 0 Å². The molecule has 0 saturated heterocycles. The number of aliphatic hydroxyl groups is 1. The van der Waals surface area contributed by atoms with Gasteiger partial charge in [-0.1, -0.05) is 31.5 Å². The van der Waals surface area contributed by atoms with Gasteiger partial charge in [-0.25, -0.2) is 0 Å². The van der Waals surface area contributed by atoms with Gasteiger partial charge in [-0.2, -0.15) is 0 Å². The van der Waals surface area contributed by atoms with Gasteiger partial charge in [0.2, 0.25) is 0 Å². The topological polar surface area (TPSA) is 20.2 Å². The Hall–Kier alpha value is -0.820. The summed E-state index contributed by atoms with van der Waals surface area (Å²) in [6.45, 7) is 10.5. The second-order valence-electron chi connectivity index (χ2n) is 4.96. The second kappa shape index (κ2) is 4.80. The number of hydrogen-bond donors (Lipinski definition) is 1. The van der Waals surface area contributed by atoms with E-state index in [-0.39, 0.29) is 6.10 Å². The largest absolute Gasteiger partial charge is 0.388 e. The van der Waals surface area contributed by atoms with Gasteiger partial charge in [-0.05, 0) is 49.8 Å². The molecule has 0 aliphatic carbocycles. The third kappa shape index (κ3) is 3.07. The Morgan fingerprint density at radius 1 is 1.07 bits per heavy atom. The Labute approximate surface area is 93.1 Å². The molecule has 1 atom stereocenters. The molecule has 1 rings (SSSR count). The molecular formula is C14H22O. The lowest BCUT2D eigenvalue weighted by molar-refractivity contribution is 0.149. The van der Waals surface area contributed by atoms with Crippen LogP contribution >= 0.6 is 0 Å². The summed E-state index contributed by atoms with van der Waals surface area (Å²) in [5.74, 6) is 0.528. The smallest absolute Gasteiger partial charge is 0.0797 e. The Balaban J connectivity index is 3.03. The van der Waals surface area contributed by atoms with Crippen LogP contribution in [0.1, 0.15) is 48.6 Å². The molecule has 1 unspecified atom stereocenters. The molecule has 1 heteroatoms. The van der Waals surface area contributed by atoms with Crippen molar-refractivity contribution in [3.8, 4) is 0 Å². The summed E-state index contributed by atoms with van der Waals surface area (Å²) in [6.07, 6.45) is 0.524. The van der Waals surface area contributed by atoms with E-state index in [0.717, 1.165) is 12.0 Å². The Bertz CT molecular complexity index is 316. The van der Waals surface area contributed by atoms with Gasteiger partial charge >= 0.3 is 0 Å². The van der Waals surface area contributed by atoms with Gasteiger partial charge in [0.15, 0.2) is 0 Å². The highest BCUT2D eigenvalue weighted by molar-refractivity contribution is 5.38. The van der Waals surface area contributed by atoms with Gasteiger partial charge in [0, 0.05) is 0 Å². The first-order chi connectivity index (χ1) is 6.91. The van der Waals surface area contributed by atoms with Crippen LogP contribution in [0.25, 0.3) is 0 Å². The van der Waals surface area contributed by atoms with Gasteiger partial charge in [0.05, 0.1) is 6.10 Å². The van der Waals surface area contributed by atoms with Crippen molar-refractivity contribution >= 4 is 0 Å². The highest BCUT2D eigenvalue weighted by atomic mass is 16.3. The van der Waals surface area contributed by atoms with Crippen LogP contribution in [0.5, 0.6) is 0 Å². The third-order valence-corrected chi connectivity index (χ3v) is 2.77. The van der Waals surface area contributed by atoms with E-state index in [1.54, 1.807) is 0 Å². The van der Waals surface area contributed by atoms with Crippen molar-refractivity contribution in [1.82, 2.24) is 0 Å². The number of benzene rings is 1. The minimum Gasteiger partial charge on any atom is -0.388 e. The molecule has 1 nitrogen and oxygen atoms in total. The maximum Gasteiger partial charge on any atom is 0.0797 e. The maximum atomic E-state index is 10.1. The zero-order valence-electron chi connectivity index (χ0n) is 10.5. The third-order valence-electron chi connectivity index (χ3n) is 2.77. The SMILES string of the molecule is Cc1cc(C)c(C(O)CC(C)C)c(C)c1. The van der Waals surface area contributed by atoms with E-state index in [4.69, 9.17) is 0 Å². The van der Waals surface area contributed by atoms with Crippen LogP contribution < -0.4 is 0 Å². The van der Waals surface area contributed by atoms with E-state index in [9.17, 15) is 5.11 Å². The number of rotatable bonds is 3. The predicted octanol–water partition coefficient (Wildman–Crippen LogP) is 3.69. The molecule has 1 aromatic rings. The van der Waals surface area contributed by atoms with Crippen molar-refractivity contribution in [2.24, 2.45) is 5.92 Å². The molecule has 0 aromatic heterocycles. The first kappa shape index (κ1) is 12.3. The van der Waals surface area contributed by atoms with Gasteiger partial charge in [-0.15, -0.1) is 0 Å². The average molecular weight is 206 g/mol. The molecule has 84 valence electrons. The van der Waals surface area contributed by atoms with Crippen molar-refractivity contribution in [2.75, 3.05) is 0 Å². The fourth-order valence-corrected chi connectivity index (χ4v) is 2.28. The lowest BCUT2D eigenvalue weighted by Gasteiger charge is -2.19. The van der Waals surface area contributed by atoms with Gasteiger partial charge < -0.3 is 5.11 Å². The van der Waals surface area contributed by atoms with Crippen molar-refractivity contribution < 1.29 is 5.11 Å². The van der Waals surface area contributed by atoms with E-state index in [0.29, 0.717) is 5.92 Å². The highest BCUT2D eigenvalue weighted by Crippen LogP contribution is 2.27. The first-order valence-corrected chi connectivity index (χ1v) is 5.67. The standard InChI is InChI=1S/C14H22O/c1-9(2)6-13(15)14-11(4)7-10(3)8-12(14)5/h7-9,13,15H,6H2,1-5H3. The van der Waals surface area contributed by atoms with Gasteiger partial charge in [0.25, 0.3) is 0 Å². The lowest BCUT2D eigenvalue weighted by atomic mass is 9.91. The maximum absolute atomic E-state index is 10.1. The zero-order valence-corrected chi connectivity index (χ0v) is 10.5. The highest BCUT2D eigenvalue weighted by Gasteiger charge is 2.14. The van der Waals surface area contributed by atoms with Crippen LogP contribution in [-0.4, -0.2) is 5.11 Å². The second-order valence-corrected chi connectivity index (χ2v) is 4.96. The quantitative estimate of drug-likeness (QED) is 0.799. The number of aliphatic hydroxyl groups excluding tert-OH is 1. The molecule has 0 radical (unpaired) electrons. The molecule has 0 heterocycles. The Morgan fingerprint density at radius 2 is 1.53 bits per heavy atom. The Morgan fingerprint density at radius 3 is 1.93 bits per heavy atom. The van der Waals surface area contributed by atoms with Crippen LogP contribution in [0, 0.1) is 26.7 Å². The summed E-state index contributed by atoms with van der Waals surface area (Å²) in [5.41, 5.74) is 4.81. The average Bonchev–Trinajstić information content (AvgIpc) is 1.99. The van der Waals surface area contributed by atoms with Gasteiger partial charge in [-0.3, -0.25) is 0 Å². The van der Waals surface area contributed by atoms with Crippen molar-refractivity contribution in [3.05, 3.63) is 34.4 Å². The van der Waals surface area contributed by atoms with E-state index in [2.05, 4.69) is 46.8 Å². The molecule has 1 aromatic carbocycles. The molecule has 0 aliphatic heterocycles. The summed E-state index contributed by atoms with van der Waals surface area (Å²) < 4.78 is 0. The van der Waals surface area contributed by atoms with Gasteiger partial charge in [0.1, 0.15) is 0 Å². The molecule has 0 amide bonds. The van der Waals surface area contributed by atoms with E-state index < -0.39 is 0 Å². The fourth-order valence-electron chi connectivity index (χ4n) is 2.28. The Kier molecular flexibility index (Phi) is 3.92.